The number of carbonyl (C=O) groups excluding carboxylic acids is 2. The summed E-state index contributed by atoms with van der Waals surface area (Å²) in [5, 5.41) is 1.75. The summed E-state index contributed by atoms with van der Waals surface area (Å²) in [6, 6.07) is 12.8. The van der Waals surface area contributed by atoms with Gasteiger partial charge < -0.3 is 14.5 Å². The van der Waals surface area contributed by atoms with Crippen LogP contribution in [-0.4, -0.2) is 60.1 Å². The van der Waals surface area contributed by atoms with Crippen molar-refractivity contribution in [2.24, 2.45) is 0 Å². The number of likely N-dealkylation sites (N-methyl/N-ethyl adjacent to an activating group) is 1. The summed E-state index contributed by atoms with van der Waals surface area (Å²) in [6.45, 7) is 9.07. The van der Waals surface area contributed by atoms with Gasteiger partial charge in [0.05, 0.1) is 16.8 Å². The highest BCUT2D eigenvalue weighted by Crippen LogP contribution is 2.36. The van der Waals surface area contributed by atoms with Gasteiger partial charge in [-0.3, -0.25) is 9.69 Å². The Hall–Kier alpha value is -2.15. The average Bonchev–Trinajstić information content (AvgIpc) is 2.76. The zero-order valence-electron chi connectivity index (χ0n) is 19.9. The number of halogens is 3. The molecule has 0 N–H and O–H groups in total. The van der Waals surface area contributed by atoms with Crippen LogP contribution in [0.4, 0.5) is 10.5 Å². The van der Waals surface area contributed by atoms with E-state index in [1.165, 1.54) is 4.90 Å². The van der Waals surface area contributed by atoms with Crippen molar-refractivity contribution in [1.29, 1.82) is 0 Å². The molecular formula is C25H30Cl3N3O3. The summed E-state index contributed by atoms with van der Waals surface area (Å²) >= 11 is 18.7. The second kappa shape index (κ2) is 11.1. The highest BCUT2D eigenvalue weighted by atomic mass is 35.5. The average molecular weight is 527 g/mol. The van der Waals surface area contributed by atoms with E-state index in [0.29, 0.717) is 41.2 Å². The quantitative estimate of drug-likeness (QED) is 0.459. The lowest BCUT2D eigenvalue weighted by molar-refractivity contribution is -0.133. The molecular weight excluding hydrogens is 497 g/mol. The van der Waals surface area contributed by atoms with Crippen LogP contribution in [0.1, 0.15) is 39.3 Å². The predicted octanol–water partition coefficient (Wildman–Crippen LogP) is 6.29. The van der Waals surface area contributed by atoms with Gasteiger partial charge in [-0.15, -0.1) is 0 Å². The summed E-state index contributed by atoms with van der Waals surface area (Å²) in [7, 11) is 0. The Labute approximate surface area is 216 Å². The maximum Gasteiger partial charge on any atom is 0.410 e. The third-order valence-corrected chi connectivity index (χ3v) is 6.36. The maximum absolute atomic E-state index is 13.2. The molecule has 1 aliphatic rings. The zero-order valence-corrected chi connectivity index (χ0v) is 22.1. The molecule has 0 radical (unpaired) electrons. The van der Waals surface area contributed by atoms with Crippen molar-refractivity contribution in [3.8, 4) is 0 Å². The topological polar surface area (TPSA) is 53.1 Å². The number of amides is 2. The number of carbonyl (C=O) groups is 2. The Balaban J connectivity index is 1.82. The molecule has 0 unspecified atom stereocenters. The Morgan fingerprint density at radius 3 is 2.26 bits per heavy atom. The molecule has 34 heavy (non-hydrogen) atoms. The van der Waals surface area contributed by atoms with Crippen molar-refractivity contribution in [3.05, 3.63) is 63.1 Å². The van der Waals surface area contributed by atoms with E-state index in [-0.39, 0.29) is 18.5 Å². The number of piperazine rings is 1. The third-order valence-electron chi connectivity index (χ3n) is 5.57. The summed E-state index contributed by atoms with van der Waals surface area (Å²) in [5.41, 5.74) is 1.23. The molecule has 2 amide bonds. The molecule has 0 bridgehead atoms. The summed E-state index contributed by atoms with van der Waals surface area (Å²) in [5.74, 6) is -0.131. The normalized spacial score (nSPS) is 16.4. The second-order valence-corrected chi connectivity index (χ2v) is 10.5. The molecule has 9 heteroatoms. The lowest BCUT2D eigenvalue weighted by atomic mass is 10.0. The Morgan fingerprint density at radius 2 is 1.68 bits per heavy atom. The van der Waals surface area contributed by atoms with Gasteiger partial charge >= 0.3 is 6.09 Å². The summed E-state index contributed by atoms with van der Waals surface area (Å²) in [6.07, 6.45) is -0.496. The van der Waals surface area contributed by atoms with E-state index >= 15 is 0 Å². The van der Waals surface area contributed by atoms with E-state index < -0.39 is 11.7 Å². The Kier molecular flexibility index (Phi) is 8.61. The second-order valence-electron chi connectivity index (χ2n) is 9.19. The van der Waals surface area contributed by atoms with E-state index in [1.807, 2.05) is 37.3 Å². The minimum Gasteiger partial charge on any atom is -0.444 e. The molecule has 6 nitrogen and oxygen atoms in total. The van der Waals surface area contributed by atoms with E-state index in [1.54, 1.807) is 37.8 Å². The molecule has 2 aromatic carbocycles. The van der Waals surface area contributed by atoms with Gasteiger partial charge in [0.1, 0.15) is 12.1 Å². The molecule has 0 saturated carbocycles. The highest BCUT2D eigenvalue weighted by molar-refractivity contribution is 6.36. The van der Waals surface area contributed by atoms with E-state index in [9.17, 15) is 9.59 Å². The van der Waals surface area contributed by atoms with Crippen molar-refractivity contribution in [1.82, 2.24) is 9.80 Å². The van der Waals surface area contributed by atoms with Crippen molar-refractivity contribution in [3.63, 3.8) is 0 Å². The first-order valence-electron chi connectivity index (χ1n) is 11.2. The number of benzene rings is 2. The number of anilines is 1. The van der Waals surface area contributed by atoms with Gasteiger partial charge in [-0.05, 0) is 63.6 Å². The predicted molar refractivity (Wildman–Crippen MR) is 138 cm³/mol. The van der Waals surface area contributed by atoms with Crippen LogP contribution in [0.2, 0.25) is 15.1 Å². The van der Waals surface area contributed by atoms with E-state index in [4.69, 9.17) is 39.5 Å². The van der Waals surface area contributed by atoms with Crippen LogP contribution in [0.25, 0.3) is 0 Å². The number of rotatable bonds is 5. The van der Waals surface area contributed by atoms with Crippen molar-refractivity contribution in [2.75, 3.05) is 37.6 Å². The standard InChI is InChI=1S/C25H30Cl3N3O3/c1-5-29(24(33)34-25(2,3)4)16-23(32)30-12-13-31(21-11-10-19(27)14-20(21)28)22(15-30)17-6-8-18(26)9-7-17/h6-11,14,22H,5,12-13,15-16H2,1-4H3/t22-/m0/s1. The molecule has 1 fully saturated rings. The lowest BCUT2D eigenvalue weighted by Gasteiger charge is -2.43. The molecule has 2 aromatic rings. The van der Waals surface area contributed by atoms with Crippen molar-refractivity contribution < 1.29 is 14.3 Å². The van der Waals surface area contributed by atoms with Gasteiger partial charge in [-0.1, -0.05) is 46.9 Å². The monoisotopic (exact) mass is 525 g/mol. The molecule has 0 spiro atoms. The van der Waals surface area contributed by atoms with E-state index in [2.05, 4.69) is 4.90 Å². The smallest absolute Gasteiger partial charge is 0.410 e. The molecule has 1 heterocycles. The molecule has 1 atom stereocenters. The molecule has 0 aliphatic carbocycles. The summed E-state index contributed by atoms with van der Waals surface area (Å²) < 4.78 is 5.45. The van der Waals surface area contributed by atoms with E-state index in [0.717, 1.165) is 11.3 Å². The van der Waals surface area contributed by atoms with Crippen LogP contribution in [0.5, 0.6) is 0 Å². The number of ether oxygens (including phenoxy) is 1. The van der Waals surface area contributed by atoms with Crippen LogP contribution in [0.15, 0.2) is 42.5 Å². The van der Waals surface area contributed by atoms with Gasteiger partial charge in [-0.2, -0.15) is 0 Å². The van der Waals surface area contributed by atoms with Gasteiger partial charge in [0.15, 0.2) is 0 Å². The Morgan fingerprint density at radius 1 is 1.03 bits per heavy atom. The first kappa shape index (κ1) is 26.5. The zero-order chi connectivity index (χ0) is 25.0. The van der Waals surface area contributed by atoms with Gasteiger partial charge in [0, 0.05) is 36.2 Å². The summed E-state index contributed by atoms with van der Waals surface area (Å²) in [4.78, 5) is 31.1. The Bertz CT molecular complexity index is 1020. The number of hydrogen-bond donors (Lipinski definition) is 0. The molecule has 1 saturated heterocycles. The van der Waals surface area contributed by atoms with Crippen LogP contribution < -0.4 is 4.90 Å². The third kappa shape index (κ3) is 6.71. The van der Waals surface area contributed by atoms with Crippen LogP contribution in [-0.2, 0) is 9.53 Å². The van der Waals surface area contributed by atoms with Crippen LogP contribution in [0.3, 0.4) is 0 Å². The van der Waals surface area contributed by atoms with Crippen LogP contribution >= 0.6 is 34.8 Å². The molecule has 0 aromatic heterocycles. The number of nitrogens with zero attached hydrogens (tertiary/aromatic N) is 3. The van der Waals surface area contributed by atoms with Crippen molar-refractivity contribution in [2.45, 2.75) is 39.3 Å². The van der Waals surface area contributed by atoms with Gasteiger partial charge in [0.2, 0.25) is 5.91 Å². The van der Waals surface area contributed by atoms with Crippen LogP contribution in [0, 0.1) is 0 Å². The molecule has 1 aliphatic heterocycles. The first-order chi connectivity index (χ1) is 16.0. The van der Waals surface area contributed by atoms with Gasteiger partial charge in [0.25, 0.3) is 0 Å². The fourth-order valence-electron chi connectivity index (χ4n) is 3.88. The minimum absolute atomic E-state index is 0.0412. The molecule has 184 valence electrons. The first-order valence-corrected chi connectivity index (χ1v) is 12.3. The lowest BCUT2D eigenvalue weighted by Crippen LogP contribution is -2.53. The fourth-order valence-corrected chi connectivity index (χ4v) is 4.52. The largest absolute Gasteiger partial charge is 0.444 e. The number of hydrogen-bond acceptors (Lipinski definition) is 4. The fraction of sp³-hybridized carbons (Fsp3) is 0.440. The SMILES string of the molecule is CCN(CC(=O)N1CCN(c2ccc(Cl)cc2Cl)[C@H](c2ccc(Cl)cc2)C1)C(=O)OC(C)(C)C. The van der Waals surface area contributed by atoms with Crippen molar-refractivity contribution >= 4 is 52.5 Å². The minimum atomic E-state index is -0.628. The van der Waals surface area contributed by atoms with Gasteiger partial charge in [-0.25, -0.2) is 4.79 Å². The highest BCUT2D eigenvalue weighted by Gasteiger charge is 2.33. The molecule has 3 rings (SSSR count). The maximum atomic E-state index is 13.2.